The van der Waals surface area contributed by atoms with Gasteiger partial charge in [-0.2, -0.15) is 0 Å². The molecule has 2 aliphatic carbocycles. The third kappa shape index (κ3) is 6.05. The molecular formula is C73H46N2O. The van der Waals surface area contributed by atoms with Crippen molar-refractivity contribution in [3.63, 3.8) is 0 Å². The van der Waals surface area contributed by atoms with Crippen LogP contribution in [0.15, 0.2) is 283 Å². The number of hydrogen-bond donors (Lipinski definition) is 0. The lowest BCUT2D eigenvalue weighted by Crippen LogP contribution is -2.29. The van der Waals surface area contributed by atoms with Crippen LogP contribution in [0.1, 0.15) is 22.3 Å². The lowest BCUT2D eigenvalue weighted by atomic mass is 9.65. The molecule has 3 nitrogen and oxygen atoms in total. The molecule has 0 saturated heterocycles. The van der Waals surface area contributed by atoms with Gasteiger partial charge in [0.1, 0.15) is 11.2 Å². The van der Waals surface area contributed by atoms with Gasteiger partial charge in [0.05, 0.1) is 22.5 Å². The molecule has 0 N–H and O–H groups in total. The maximum atomic E-state index is 6.85. The van der Waals surface area contributed by atoms with E-state index in [-0.39, 0.29) is 0 Å². The first-order chi connectivity index (χ1) is 37.7. The molecule has 0 amide bonds. The smallest absolute Gasteiger partial charge is 0.135 e. The first-order valence-electron chi connectivity index (χ1n) is 26.2. The highest BCUT2D eigenvalue weighted by atomic mass is 16.3. The number of rotatable bonds is 5. The van der Waals surface area contributed by atoms with Crippen molar-refractivity contribution in [2.24, 2.45) is 0 Å². The normalized spacial score (nSPS) is 14.3. The Hall–Kier alpha value is -9.96. The van der Waals surface area contributed by atoms with Crippen LogP contribution in [0, 0.1) is 0 Å². The lowest BCUT2D eigenvalue weighted by molar-refractivity contribution is 0.666. The highest BCUT2D eigenvalue weighted by Gasteiger charge is 2.50. The van der Waals surface area contributed by atoms with Gasteiger partial charge >= 0.3 is 0 Å². The van der Waals surface area contributed by atoms with E-state index in [4.69, 9.17) is 4.42 Å². The summed E-state index contributed by atoms with van der Waals surface area (Å²) < 4.78 is 6.85. The molecule has 1 atom stereocenters. The number of hydrogen-bond acceptors (Lipinski definition) is 3. The molecule has 1 spiro atoms. The highest BCUT2D eigenvalue weighted by molar-refractivity contribution is 6.10. The van der Waals surface area contributed by atoms with E-state index in [1.165, 1.54) is 77.9 Å². The molecule has 12 aromatic carbocycles. The van der Waals surface area contributed by atoms with Crippen LogP contribution in [0.2, 0.25) is 0 Å². The minimum atomic E-state index is -0.759. The Labute approximate surface area is 441 Å². The molecule has 3 heteroatoms. The first-order valence-corrected chi connectivity index (χ1v) is 26.2. The number of nitrogens with zero attached hydrogens (tertiary/aromatic N) is 2. The van der Waals surface area contributed by atoms with E-state index in [1.807, 2.05) is 0 Å². The number of fused-ring (bicyclic) bond motifs is 20. The number of benzene rings is 12. The fourth-order valence-corrected chi connectivity index (χ4v) is 13.3. The maximum Gasteiger partial charge on any atom is 0.135 e. The van der Waals surface area contributed by atoms with Crippen LogP contribution in [0.3, 0.4) is 0 Å². The van der Waals surface area contributed by atoms with Gasteiger partial charge in [-0.3, -0.25) is 0 Å². The average Bonchev–Trinajstić information content (AvgIpc) is 3.98. The Balaban J connectivity index is 1.03. The van der Waals surface area contributed by atoms with E-state index in [0.29, 0.717) is 0 Å². The predicted octanol–water partition coefficient (Wildman–Crippen LogP) is 19.9. The molecule has 76 heavy (non-hydrogen) atoms. The number of para-hydroxylation sites is 4. The second kappa shape index (κ2) is 16.5. The van der Waals surface area contributed by atoms with E-state index in [2.05, 4.69) is 289 Å². The summed E-state index contributed by atoms with van der Waals surface area (Å²) in [7, 11) is 0. The molecule has 0 bridgehead atoms. The number of furan rings is 1. The molecule has 0 radical (unpaired) electrons. The van der Waals surface area contributed by atoms with E-state index >= 15 is 0 Å². The molecule has 0 fully saturated rings. The largest absolute Gasteiger partial charge is 0.456 e. The van der Waals surface area contributed by atoms with Crippen LogP contribution >= 0.6 is 0 Å². The molecule has 0 saturated carbocycles. The second-order valence-electron chi connectivity index (χ2n) is 20.3. The summed E-state index contributed by atoms with van der Waals surface area (Å²) in [6.07, 6.45) is 0. The van der Waals surface area contributed by atoms with E-state index in [1.54, 1.807) is 0 Å². The van der Waals surface area contributed by atoms with Gasteiger partial charge in [0.2, 0.25) is 0 Å². The van der Waals surface area contributed by atoms with Crippen LogP contribution in [0.5, 0.6) is 0 Å². The first kappa shape index (κ1) is 42.5. The standard InChI is InChI=1S/C73H46N2O/c1-3-20-47(21-4-1)48-38-40-50(41-39-48)74(69-36-19-32-61-55-27-10-9-26-54(55)59-30-13-17-35-68(59)75(72(61)69)49-22-5-2-6-23-49)51-42-43-58-53-25-8-7-24-52(53)56-28-11-15-33-64(56)73(66(58)44-51)65-34-16-12-29-57(65)62-45-63-60-31-14-18-37-70(60)76-71(63)46-67(62)73/h1-46H. The van der Waals surface area contributed by atoms with Crippen molar-refractivity contribution >= 4 is 56.1 Å². The summed E-state index contributed by atoms with van der Waals surface area (Å²) in [4.78, 5) is 5.01. The molecule has 13 aromatic rings. The van der Waals surface area contributed by atoms with Crippen molar-refractivity contribution in [2.45, 2.75) is 5.41 Å². The summed E-state index contributed by atoms with van der Waals surface area (Å²) in [5.74, 6) is 0. The van der Waals surface area contributed by atoms with Crippen LogP contribution < -0.4 is 9.80 Å². The summed E-state index contributed by atoms with van der Waals surface area (Å²) in [5, 5.41) is 2.25. The van der Waals surface area contributed by atoms with Gasteiger partial charge in [0.25, 0.3) is 0 Å². The van der Waals surface area contributed by atoms with Gasteiger partial charge in [-0.15, -0.1) is 0 Å². The average molecular weight is 967 g/mol. The molecule has 1 aliphatic heterocycles. The van der Waals surface area contributed by atoms with E-state index < -0.39 is 5.41 Å². The van der Waals surface area contributed by atoms with Crippen molar-refractivity contribution in [3.05, 3.63) is 301 Å². The lowest BCUT2D eigenvalue weighted by Gasteiger charge is -2.37. The SMILES string of the molecule is c1ccc(-c2ccc(N(c3ccc4c(c3)C3(c5ccccc5-c5ccccc5-4)c4ccccc4-c4cc5c(cc43)oc3ccccc35)c3cccc4c3N(c3ccccc3)c3ccccc3-c3ccccc3-4)cc2)cc1. The zero-order valence-corrected chi connectivity index (χ0v) is 41.4. The molecular weight excluding hydrogens is 921 g/mol. The predicted molar refractivity (Wildman–Crippen MR) is 315 cm³/mol. The monoisotopic (exact) mass is 966 g/mol. The van der Waals surface area contributed by atoms with E-state index in [0.717, 1.165) is 67.2 Å². The van der Waals surface area contributed by atoms with Gasteiger partial charge in [0.15, 0.2) is 0 Å². The molecule has 16 rings (SSSR count). The summed E-state index contributed by atoms with van der Waals surface area (Å²) in [6, 6.07) is 103. The fourth-order valence-electron chi connectivity index (χ4n) is 13.3. The topological polar surface area (TPSA) is 19.6 Å². The zero-order valence-electron chi connectivity index (χ0n) is 41.4. The van der Waals surface area contributed by atoms with Gasteiger partial charge in [0, 0.05) is 39.0 Å². The molecule has 354 valence electrons. The Morgan fingerprint density at radius 1 is 0.303 bits per heavy atom. The molecule has 1 aromatic heterocycles. The Bertz CT molecular complexity index is 4480. The van der Waals surface area contributed by atoms with Gasteiger partial charge in [-0.05, 0) is 145 Å². The zero-order chi connectivity index (χ0) is 49.9. The van der Waals surface area contributed by atoms with Gasteiger partial charge in [-0.1, -0.05) is 212 Å². The van der Waals surface area contributed by atoms with E-state index in [9.17, 15) is 0 Å². The molecule has 2 heterocycles. The third-order valence-corrected chi connectivity index (χ3v) is 16.4. The van der Waals surface area contributed by atoms with Gasteiger partial charge < -0.3 is 14.2 Å². The summed E-state index contributed by atoms with van der Waals surface area (Å²) >= 11 is 0. The van der Waals surface area contributed by atoms with Crippen molar-refractivity contribution in [1.82, 2.24) is 0 Å². The Morgan fingerprint density at radius 3 is 1.54 bits per heavy atom. The van der Waals surface area contributed by atoms with Crippen LogP contribution in [0.25, 0.3) is 88.7 Å². The minimum Gasteiger partial charge on any atom is -0.456 e. The van der Waals surface area contributed by atoms with Gasteiger partial charge in [-0.25, -0.2) is 0 Å². The molecule has 1 unspecified atom stereocenters. The third-order valence-electron chi connectivity index (χ3n) is 16.4. The Kier molecular flexibility index (Phi) is 9.25. The van der Waals surface area contributed by atoms with Crippen molar-refractivity contribution in [3.8, 4) is 66.8 Å². The quantitative estimate of drug-likeness (QED) is 0.171. The summed E-state index contributed by atoms with van der Waals surface area (Å²) in [5.41, 5.74) is 26.8. The molecule has 3 aliphatic rings. The maximum absolute atomic E-state index is 6.85. The Morgan fingerprint density at radius 2 is 0.816 bits per heavy atom. The fraction of sp³-hybridized carbons (Fsp3) is 0.0137. The van der Waals surface area contributed by atoms with Crippen molar-refractivity contribution in [1.29, 1.82) is 0 Å². The summed E-state index contributed by atoms with van der Waals surface area (Å²) in [6.45, 7) is 0. The highest BCUT2D eigenvalue weighted by Crippen LogP contribution is 2.64. The minimum absolute atomic E-state index is 0.759. The second-order valence-corrected chi connectivity index (χ2v) is 20.3. The van der Waals surface area contributed by atoms with Crippen molar-refractivity contribution in [2.75, 3.05) is 9.80 Å². The van der Waals surface area contributed by atoms with Crippen LogP contribution in [-0.4, -0.2) is 0 Å². The van der Waals surface area contributed by atoms with Crippen LogP contribution in [-0.2, 0) is 5.41 Å². The number of anilines is 6. The van der Waals surface area contributed by atoms with Crippen molar-refractivity contribution < 1.29 is 4.42 Å². The van der Waals surface area contributed by atoms with Crippen LogP contribution in [0.4, 0.5) is 34.1 Å².